The Kier molecular flexibility index (Phi) is 3.01. The summed E-state index contributed by atoms with van der Waals surface area (Å²) in [6.45, 7) is 1.94. The number of aromatic hydroxyl groups is 1. The van der Waals surface area contributed by atoms with E-state index in [0.717, 1.165) is 23.3 Å². The Balaban J connectivity index is 1.91. The smallest absolute Gasteiger partial charge is 0.126 e. The molecule has 2 aromatic rings. The molecule has 0 amide bonds. The molecular weight excluding hydrogens is 294 g/mol. The van der Waals surface area contributed by atoms with Crippen molar-refractivity contribution in [3.05, 3.63) is 40.5 Å². The van der Waals surface area contributed by atoms with Gasteiger partial charge in [-0.15, -0.1) is 0 Å². The zero-order chi connectivity index (χ0) is 12.5. The van der Waals surface area contributed by atoms with Gasteiger partial charge in [0.2, 0.25) is 0 Å². The average Bonchev–Trinajstić information content (AvgIpc) is 2.28. The van der Waals surface area contributed by atoms with Gasteiger partial charge in [-0.25, -0.2) is 0 Å². The highest BCUT2D eigenvalue weighted by Gasteiger charge is 2.20. The summed E-state index contributed by atoms with van der Waals surface area (Å²) in [6.07, 6.45) is 0. The normalized spacial score (nSPS) is 15.4. The van der Waals surface area contributed by atoms with E-state index < -0.39 is 0 Å². The van der Waals surface area contributed by atoms with Crippen LogP contribution >= 0.6 is 15.9 Å². The molecule has 2 heterocycles. The molecule has 1 saturated heterocycles. The standard InChI is InChI=1S/C13H12BrN3O/c14-9-1-2-10(13(18)5-9)12-4-3-11(16-17-12)8-6-15-7-8/h1-5,8,15,18H,6-7H2. The van der Waals surface area contributed by atoms with E-state index in [9.17, 15) is 5.11 Å². The van der Waals surface area contributed by atoms with Gasteiger partial charge in [0.1, 0.15) is 5.75 Å². The van der Waals surface area contributed by atoms with Crippen molar-refractivity contribution in [3.8, 4) is 17.0 Å². The first-order valence-corrected chi connectivity index (χ1v) is 6.56. The number of phenols is 1. The first-order chi connectivity index (χ1) is 8.74. The van der Waals surface area contributed by atoms with Gasteiger partial charge in [-0.1, -0.05) is 15.9 Å². The van der Waals surface area contributed by atoms with Crippen LogP contribution in [0.15, 0.2) is 34.8 Å². The number of aromatic nitrogens is 2. The minimum atomic E-state index is 0.205. The van der Waals surface area contributed by atoms with Crippen LogP contribution in [0.3, 0.4) is 0 Å². The fourth-order valence-electron chi connectivity index (χ4n) is 1.92. The molecule has 2 N–H and O–H groups in total. The summed E-state index contributed by atoms with van der Waals surface area (Å²) in [7, 11) is 0. The van der Waals surface area contributed by atoms with Crippen molar-refractivity contribution in [2.75, 3.05) is 13.1 Å². The Hall–Kier alpha value is -1.46. The Bertz CT molecular complexity index is 567. The molecule has 0 radical (unpaired) electrons. The van der Waals surface area contributed by atoms with E-state index in [1.165, 1.54) is 0 Å². The van der Waals surface area contributed by atoms with Gasteiger partial charge in [-0.2, -0.15) is 10.2 Å². The molecule has 92 valence electrons. The maximum absolute atomic E-state index is 9.87. The predicted molar refractivity (Wildman–Crippen MR) is 72.4 cm³/mol. The van der Waals surface area contributed by atoms with E-state index >= 15 is 0 Å². The largest absolute Gasteiger partial charge is 0.507 e. The lowest BCUT2D eigenvalue weighted by atomic mass is 9.99. The van der Waals surface area contributed by atoms with Crippen molar-refractivity contribution in [1.29, 1.82) is 0 Å². The van der Waals surface area contributed by atoms with E-state index in [4.69, 9.17) is 0 Å². The molecule has 0 bridgehead atoms. The Morgan fingerprint density at radius 3 is 2.56 bits per heavy atom. The van der Waals surface area contributed by atoms with E-state index in [-0.39, 0.29) is 5.75 Å². The molecule has 1 aliphatic rings. The molecule has 0 unspecified atom stereocenters. The summed E-state index contributed by atoms with van der Waals surface area (Å²) in [4.78, 5) is 0. The number of hydrogen-bond donors (Lipinski definition) is 2. The lowest BCUT2D eigenvalue weighted by molar-refractivity contribution is 0.436. The second-order valence-corrected chi connectivity index (χ2v) is 5.28. The van der Waals surface area contributed by atoms with Gasteiger partial charge in [0.05, 0.1) is 11.4 Å². The molecule has 0 saturated carbocycles. The molecule has 1 aromatic heterocycles. The molecule has 0 aliphatic carbocycles. The highest BCUT2D eigenvalue weighted by atomic mass is 79.9. The summed E-state index contributed by atoms with van der Waals surface area (Å²) in [5.41, 5.74) is 2.40. The van der Waals surface area contributed by atoms with Crippen LogP contribution in [0.25, 0.3) is 11.3 Å². The number of hydrogen-bond acceptors (Lipinski definition) is 4. The van der Waals surface area contributed by atoms with Gasteiger partial charge < -0.3 is 10.4 Å². The Morgan fingerprint density at radius 1 is 1.17 bits per heavy atom. The molecule has 1 aliphatic heterocycles. The third kappa shape index (κ3) is 2.11. The number of nitrogens with one attached hydrogen (secondary N) is 1. The van der Waals surface area contributed by atoms with Crippen molar-refractivity contribution in [1.82, 2.24) is 15.5 Å². The van der Waals surface area contributed by atoms with Crippen molar-refractivity contribution < 1.29 is 5.11 Å². The zero-order valence-corrected chi connectivity index (χ0v) is 11.2. The van der Waals surface area contributed by atoms with Crippen LogP contribution in [-0.2, 0) is 0 Å². The van der Waals surface area contributed by atoms with Gasteiger partial charge in [0, 0.05) is 29.0 Å². The van der Waals surface area contributed by atoms with Crippen LogP contribution in [-0.4, -0.2) is 28.4 Å². The van der Waals surface area contributed by atoms with E-state index in [1.54, 1.807) is 6.07 Å². The van der Waals surface area contributed by atoms with Crippen LogP contribution in [0.1, 0.15) is 11.6 Å². The Morgan fingerprint density at radius 2 is 2.00 bits per heavy atom. The third-order valence-corrected chi connectivity index (χ3v) is 3.61. The lowest BCUT2D eigenvalue weighted by Gasteiger charge is -2.25. The third-order valence-electron chi connectivity index (χ3n) is 3.12. The molecule has 0 atom stereocenters. The van der Waals surface area contributed by atoms with Crippen LogP contribution < -0.4 is 5.32 Å². The molecular formula is C13H12BrN3O. The lowest BCUT2D eigenvalue weighted by Crippen LogP contribution is -2.40. The second kappa shape index (κ2) is 4.66. The van der Waals surface area contributed by atoms with Crippen LogP contribution in [0, 0.1) is 0 Å². The molecule has 1 aromatic carbocycles. The molecule has 18 heavy (non-hydrogen) atoms. The summed E-state index contributed by atoms with van der Waals surface area (Å²) in [6, 6.07) is 9.24. The maximum Gasteiger partial charge on any atom is 0.126 e. The number of halogens is 1. The fraction of sp³-hybridized carbons (Fsp3) is 0.231. The van der Waals surface area contributed by atoms with Crippen LogP contribution in [0.2, 0.25) is 0 Å². The van der Waals surface area contributed by atoms with Gasteiger partial charge in [-0.3, -0.25) is 0 Å². The topological polar surface area (TPSA) is 58.0 Å². The number of benzene rings is 1. The second-order valence-electron chi connectivity index (χ2n) is 4.36. The number of phenolic OH excluding ortho intramolecular Hbond substituents is 1. The fourth-order valence-corrected chi connectivity index (χ4v) is 2.27. The summed E-state index contributed by atoms with van der Waals surface area (Å²) < 4.78 is 0.842. The van der Waals surface area contributed by atoms with Gasteiger partial charge in [0.25, 0.3) is 0 Å². The summed E-state index contributed by atoms with van der Waals surface area (Å²) in [5.74, 6) is 0.682. The van der Waals surface area contributed by atoms with E-state index in [1.807, 2.05) is 24.3 Å². The van der Waals surface area contributed by atoms with E-state index in [2.05, 4.69) is 31.4 Å². The zero-order valence-electron chi connectivity index (χ0n) is 9.60. The molecule has 4 nitrogen and oxygen atoms in total. The average molecular weight is 306 g/mol. The highest BCUT2D eigenvalue weighted by Crippen LogP contribution is 2.30. The summed E-state index contributed by atoms with van der Waals surface area (Å²) in [5, 5.41) is 21.5. The van der Waals surface area contributed by atoms with Gasteiger partial charge in [-0.05, 0) is 30.3 Å². The first-order valence-electron chi connectivity index (χ1n) is 5.77. The minimum absolute atomic E-state index is 0.205. The van der Waals surface area contributed by atoms with Crippen LogP contribution in [0.5, 0.6) is 5.75 Å². The molecule has 0 spiro atoms. The number of rotatable bonds is 2. The molecule has 1 fully saturated rings. The van der Waals surface area contributed by atoms with Crippen molar-refractivity contribution in [2.45, 2.75) is 5.92 Å². The molecule has 3 rings (SSSR count). The molecule has 5 heteroatoms. The van der Waals surface area contributed by atoms with Crippen molar-refractivity contribution in [2.24, 2.45) is 0 Å². The monoisotopic (exact) mass is 305 g/mol. The maximum atomic E-state index is 9.87. The Labute approximate surface area is 113 Å². The van der Waals surface area contributed by atoms with Crippen molar-refractivity contribution in [3.63, 3.8) is 0 Å². The summed E-state index contributed by atoms with van der Waals surface area (Å²) >= 11 is 3.31. The van der Waals surface area contributed by atoms with Gasteiger partial charge in [0.15, 0.2) is 0 Å². The first kappa shape index (κ1) is 11.6. The van der Waals surface area contributed by atoms with Crippen molar-refractivity contribution >= 4 is 15.9 Å². The quantitative estimate of drug-likeness (QED) is 0.894. The SMILES string of the molecule is Oc1cc(Br)ccc1-c1ccc(C2CNC2)nn1. The highest BCUT2D eigenvalue weighted by molar-refractivity contribution is 9.10. The minimum Gasteiger partial charge on any atom is -0.507 e. The van der Waals surface area contributed by atoms with Crippen LogP contribution in [0.4, 0.5) is 0 Å². The predicted octanol–water partition coefficient (Wildman–Crippen LogP) is 2.30. The number of nitrogens with zero attached hydrogens (tertiary/aromatic N) is 2. The van der Waals surface area contributed by atoms with E-state index in [0.29, 0.717) is 17.2 Å². The van der Waals surface area contributed by atoms with Gasteiger partial charge >= 0.3 is 0 Å².